The predicted octanol–water partition coefficient (Wildman–Crippen LogP) is 4.10. The summed E-state index contributed by atoms with van der Waals surface area (Å²) in [6.07, 6.45) is 0. The Hall–Kier alpha value is -1.52. The van der Waals surface area contributed by atoms with Crippen molar-refractivity contribution in [1.82, 2.24) is 4.90 Å². The van der Waals surface area contributed by atoms with Crippen LogP contribution in [-0.4, -0.2) is 31.3 Å². The Labute approximate surface area is 135 Å². The van der Waals surface area contributed by atoms with E-state index in [4.69, 9.17) is 4.74 Å². The molecule has 0 fully saturated rings. The third-order valence-electron chi connectivity index (χ3n) is 3.80. The zero-order valence-electron chi connectivity index (χ0n) is 12.9. The van der Waals surface area contributed by atoms with Gasteiger partial charge in [0.25, 0.3) is 0 Å². The molecule has 0 saturated heterocycles. The molecule has 1 unspecified atom stereocenters. The number of nitrogens with zero attached hydrogens (tertiary/aromatic N) is 1. The van der Waals surface area contributed by atoms with Gasteiger partial charge in [-0.2, -0.15) is 0 Å². The Morgan fingerprint density at radius 3 is 2.82 bits per heavy atom. The molecule has 0 spiro atoms. The molecule has 116 valence electrons. The molecular formula is C18H20FNOS. The van der Waals surface area contributed by atoms with E-state index in [1.54, 1.807) is 12.1 Å². The van der Waals surface area contributed by atoms with Crippen molar-refractivity contribution in [3.63, 3.8) is 0 Å². The van der Waals surface area contributed by atoms with E-state index in [0.717, 1.165) is 23.6 Å². The molecule has 3 rings (SSSR count). The molecule has 1 atom stereocenters. The van der Waals surface area contributed by atoms with Gasteiger partial charge < -0.3 is 9.64 Å². The van der Waals surface area contributed by atoms with Crippen LogP contribution in [0.5, 0.6) is 5.75 Å². The number of hydrogen-bond acceptors (Lipinski definition) is 3. The van der Waals surface area contributed by atoms with Crippen molar-refractivity contribution in [3.05, 3.63) is 65.0 Å². The molecule has 22 heavy (non-hydrogen) atoms. The monoisotopic (exact) mass is 317 g/mol. The minimum absolute atomic E-state index is 0.115. The second-order valence-electron chi connectivity index (χ2n) is 5.72. The van der Waals surface area contributed by atoms with Gasteiger partial charge in [0.2, 0.25) is 0 Å². The normalized spacial score (nSPS) is 16.6. The third-order valence-corrected chi connectivity index (χ3v) is 5.06. The lowest BCUT2D eigenvalue weighted by molar-refractivity contribution is 0.306. The summed E-state index contributed by atoms with van der Waals surface area (Å²) >= 11 is 1.84. The zero-order chi connectivity index (χ0) is 15.5. The second-order valence-corrected chi connectivity index (χ2v) is 6.94. The number of halogens is 1. The Bertz CT molecular complexity index is 659. The highest BCUT2D eigenvalue weighted by Gasteiger charge is 2.25. The summed E-state index contributed by atoms with van der Waals surface area (Å²) in [7, 11) is 4.14. The molecular weight excluding hydrogens is 297 g/mol. The van der Waals surface area contributed by atoms with Crippen LogP contribution in [0.1, 0.15) is 21.9 Å². The Balaban J connectivity index is 1.98. The topological polar surface area (TPSA) is 12.5 Å². The van der Waals surface area contributed by atoms with E-state index in [1.807, 2.05) is 23.9 Å². The van der Waals surface area contributed by atoms with E-state index in [2.05, 4.69) is 31.1 Å². The maximum atomic E-state index is 13.8. The average molecular weight is 317 g/mol. The van der Waals surface area contributed by atoms with E-state index in [-0.39, 0.29) is 11.1 Å². The largest absolute Gasteiger partial charge is 0.489 e. The lowest BCUT2D eigenvalue weighted by Gasteiger charge is -2.20. The van der Waals surface area contributed by atoms with Gasteiger partial charge in [0, 0.05) is 17.9 Å². The lowest BCUT2D eigenvalue weighted by Crippen LogP contribution is -2.15. The fourth-order valence-corrected chi connectivity index (χ4v) is 4.11. The Morgan fingerprint density at radius 2 is 2.00 bits per heavy atom. The molecule has 0 aliphatic carbocycles. The van der Waals surface area contributed by atoms with Gasteiger partial charge in [-0.3, -0.25) is 0 Å². The van der Waals surface area contributed by atoms with Gasteiger partial charge >= 0.3 is 0 Å². The maximum absolute atomic E-state index is 13.8. The van der Waals surface area contributed by atoms with Crippen LogP contribution in [-0.2, 0) is 6.61 Å². The first-order valence-corrected chi connectivity index (χ1v) is 8.46. The first kappa shape index (κ1) is 15.4. The molecule has 0 radical (unpaired) electrons. The second kappa shape index (κ2) is 6.71. The Morgan fingerprint density at radius 1 is 1.18 bits per heavy atom. The lowest BCUT2D eigenvalue weighted by atomic mass is 10.00. The van der Waals surface area contributed by atoms with Crippen LogP contribution in [0.3, 0.4) is 0 Å². The van der Waals surface area contributed by atoms with Crippen molar-refractivity contribution in [2.75, 3.05) is 26.4 Å². The first-order chi connectivity index (χ1) is 10.6. The maximum Gasteiger partial charge on any atom is 0.124 e. The standard InChI is InChI=1S/C18H20FNOS/c1-20(2)9-10-22-18-15-6-4-3-5-13(15)12-21-17-8-7-14(19)11-16(17)18/h3-8,11,18H,9-10,12H2,1-2H3. The highest BCUT2D eigenvalue weighted by molar-refractivity contribution is 7.99. The van der Waals surface area contributed by atoms with Gasteiger partial charge in [-0.1, -0.05) is 24.3 Å². The van der Waals surface area contributed by atoms with Crippen molar-refractivity contribution in [2.45, 2.75) is 11.9 Å². The van der Waals surface area contributed by atoms with Crippen molar-refractivity contribution >= 4 is 11.8 Å². The van der Waals surface area contributed by atoms with Gasteiger partial charge in [-0.05, 0) is 43.4 Å². The molecule has 1 aliphatic rings. The van der Waals surface area contributed by atoms with E-state index in [1.165, 1.54) is 17.2 Å². The van der Waals surface area contributed by atoms with Crippen molar-refractivity contribution in [1.29, 1.82) is 0 Å². The SMILES string of the molecule is CN(C)CCSC1c2ccccc2COc2ccc(F)cc21. The van der Waals surface area contributed by atoms with Crippen LogP contribution in [0.4, 0.5) is 4.39 Å². The number of hydrogen-bond donors (Lipinski definition) is 0. The smallest absolute Gasteiger partial charge is 0.124 e. The summed E-state index contributed by atoms with van der Waals surface area (Å²) in [6, 6.07) is 13.1. The molecule has 2 aromatic rings. The quantitative estimate of drug-likeness (QED) is 0.842. The fourth-order valence-electron chi connectivity index (χ4n) is 2.63. The number of thioether (sulfide) groups is 1. The van der Waals surface area contributed by atoms with Crippen LogP contribution in [0, 0.1) is 5.82 Å². The van der Waals surface area contributed by atoms with Gasteiger partial charge in [0.05, 0.1) is 5.25 Å². The van der Waals surface area contributed by atoms with E-state index in [0.29, 0.717) is 6.61 Å². The van der Waals surface area contributed by atoms with Crippen LogP contribution in [0.25, 0.3) is 0 Å². The molecule has 0 aromatic heterocycles. The van der Waals surface area contributed by atoms with Crippen molar-refractivity contribution in [2.24, 2.45) is 0 Å². The number of ether oxygens (including phenoxy) is 1. The van der Waals surface area contributed by atoms with E-state index in [9.17, 15) is 4.39 Å². The van der Waals surface area contributed by atoms with Gasteiger partial charge in [-0.15, -0.1) is 11.8 Å². The van der Waals surface area contributed by atoms with Crippen LogP contribution in [0.15, 0.2) is 42.5 Å². The fraction of sp³-hybridized carbons (Fsp3) is 0.333. The Kier molecular flexibility index (Phi) is 4.69. The minimum atomic E-state index is -0.208. The molecule has 2 nitrogen and oxygen atoms in total. The summed E-state index contributed by atoms with van der Waals surface area (Å²) < 4.78 is 19.7. The van der Waals surface area contributed by atoms with E-state index < -0.39 is 0 Å². The summed E-state index contributed by atoms with van der Waals surface area (Å²) in [4.78, 5) is 2.17. The van der Waals surface area contributed by atoms with Crippen molar-refractivity contribution in [3.8, 4) is 5.75 Å². The van der Waals surface area contributed by atoms with Crippen LogP contribution >= 0.6 is 11.8 Å². The highest BCUT2D eigenvalue weighted by Crippen LogP contribution is 2.44. The summed E-state index contributed by atoms with van der Waals surface area (Å²) in [5.74, 6) is 1.57. The average Bonchev–Trinajstić information content (AvgIpc) is 2.65. The molecule has 0 amide bonds. The minimum Gasteiger partial charge on any atom is -0.489 e. The highest BCUT2D eigenvalue weighted by atomic mass is 32.2. The number of benzene rings is 2. The van der Waals surface area contributed by atoms with Gasteiger partial charge in [0.1, 0.15) is 18.2 Å². The van der Waals surface area contributed by atoms with Crippen LogP contribution < -0.4 is 4.74 Å². The molecule has 1 heterocycles. The molecule has 0 bridgehead atoms. The third kappa shape index (κ3) is 3.28. The number of fused-ring (bicyclic) bond motifs is 2. The molecule has 2 aromatic carbocycles. The van der Waals surface area contributed by atoms with Crippen molar-refractivity contribution < 1.29 is 9.13 Å². The van der Waals surface area contributed by atoms with Gasteiger partial charge in [-0.25, -0.2) is 4.39 Å². The first-order valence-electron chi connectivity index (χ1n) is 7.41. The van der Waals surface area contributed by atoms with Gasteiger partial charge in [0.15, 0.2) is 0 Å². The molecule has 0 saturated carbocycles. The van der Waals surface area contributed by atoms with E-state index >= 15 is 0 Å². The molecule has 1 aliphatic heterocycles. The van der Waals surface area contributed by atoms with Crippen LogP contribution in [0.2, 0.25) is 0 Å². The predicted molar refractivity (Wildman–Crippen MR) is 90.0 cm³/mol. The zero-order valence-corrected chi connectivity index (χ0v) is 13.7. The summed E-state index contributed by atoms with van der Waals surface area (Å²) in [5, 5.41) is 0.115. The molecule has 4 heteroatoms. The molecule has 0 N–H and O–H groups in total. The number of rotatable bonds is 4. The summed E-state index contributed by atoms with van der Waals surface area (Å²) in [6.45, 7) is 1.54. The summed E-state index contributed by atoms with van der Waals surface area (Å²) in [5.41, 5.74) is 3.35.